The third-order valence-electron chi connectivity index (χ3n) is 2.60. The number of hydrogen-bond acceptors (Lipinski definition) is 2. The summed E-state index contributed by atoms with van der Waals surface area (Å²) in [5, 5.41) is 4.29. The maximum Gasteiger partial charge on any atom is 0.128 e. The Morgan fingerprint density at radius 1 is 1.06 bits per heavy atom. The maximum atomic E-state index is 13.2. The molecule has 1 aromatic heterocycles. The topological polar surface area (TPSA) is 43.8 Å². The predicted molar refractivity (Wildman–Crippen MR) is 66.6 cm³/mol. The molecule has 2 N–H and O–H groups in total. The van der Waals surface area contributed by atoms with Crippen molar-refractivity contribution < 1.29 is 8.78 Å². The van der Waals surface area contributed by atoms with E-state index in [0.717, 1.165) is 11.8 Å². The molecule has 0 fully saturated rings. The van der Waals surface area contributed by atoms with E-state index in [9.17, 15) is 8.78 Å². The average molecular weight is 251 g/mol. The first kappa shape index (κ1) is 12.5. The largest absolute Gasteiger partial charge is 0.384 e. The second-order valence-electron chi connectivity index (χ2n) is 5.24. The van der Waals surface area contributed by atoms with Crippen molar-refractivity contribution >= 4 is 5.82 Å². The van der Waals surface area contributed by atoms with Crippen LogP contribution in [0.4, 0.5) is 14.6 Å². The minimum Gasteiger partial charge on any atom is -0.384 e. The number of benzene rings is 1. The van der Waals surface area contributed by atoms with Gasteiger partial charge in [-0.3, -0.25) is 0 Å². The lowest BCUT2D eigenvalue weighted by molar-refractivity contribution is 0.557. The third-order valence-corrected chi connectivity index (χ3v) is 2.60. The van der Waals surface area contributed by atoms with E-state index in [1.807, 2.05) is 20.8 Å². The zero-order chi connectivity index (χ0) is 13.5. The lowest BCUT2D eigenvalue weighted by Gasteiger charge is -2.14. The van der Waals surface area contributed by atoms with Gasteiger partial charge in [0.2, 0.25) is 0 Å². The Kier molecular flexibility index (Phi) is 2.84. The van der Waals surface area contributed by atoms with Gasteiger partial charge in [0.1, 0.15) is 17.5 Å². The first-order valence-corrected chi connectivity index (χ1v) is 5.60. The lowest BCUT2D eigenvalue weighted by Crippen LogP contribution is -2.12. The summed E-state index contributed by atoms with van der Waals surface area (Å²) in [7, 11) is 0. The lowest BCUT2D eigenvalue weighted by atomic mass is 9.92. The van der Waals surface area contributed by atoms with E-state index in [1.54, 1.807) is 6.07 Å². The molecule has 0 atom stereocenters. The number of nitrogens with zero attached hydrogens (tertiary/aromatic N) is 2. The second-order valence-corrected chi connectivity index (χ2v) is 5.24. The Hall–Kier alpha value is -1.91. The van der Waals surface area contributed by atoms with Gasteiger partial charge >= 0.3 is 0 Å². The normalized spacial score (nSPS) is 11.8. The van der Waals surface area contributed by atoms with Gasteiger partial charge in [0.05, 0.1) is 11.4 Å². The molecule has 0 amide bonds. The molecule has 0 spiro atoms. The van der Waals surface area contributed by atoms with Gasteiger partial charge in [0.25, 0.3) is 0 Å². The van der Waals surface area contributed by atoms with Gasteiger partial charge in [0, 0.05) is 17.5 Å². The average Bonchev–Trinajstić information content (AvgIpc) is 2.58. The molecular weight excluding hydrogens is 236 g/mol. The highest BCUT2D eigenvalue weighted by Crippen LogP contribution is 2.25. The third kappa shape index (κ3) is 2.34. The van der Waals surface area contributed by atoms with E-state index >= 15 is 0 Å². The molecule has 0 unspecified atom stereocenters. The predicted octanol–water partition coefficient (Wildman–Crippen LogP) is 3.03. The zero-order valence-electron chi connectivity index (χ0n) is 10.5. The molecule has 1 heterocycles. The molecule has 2 aromatic rings. The highest BCUT2D eigenvalue weighted by molar-refractivity contribution is 5.44. The molecule has 0 radical (unpaired) electrons. The van der Waals surface area contributed by atoms with Crippen LogP contribution in [0.1, 0.15) is 26.5 Å². The summed E-state index contributed by atoms with van der Waals surface area (Å²) in [6.07, 6.45) is 0. The van der Waals surface area contributed by atoms with Gasteiger partial charge in [-0.2, -0.15) is 5.10 Å². The van der Waals surface area contributed by atoms with Crippen LogP contribution in [0.3, 0.4) is 0 Å². The minimum atomic E-state index is -0.655. The zero-order valence-corrected chi connectivity index (χ0v) is 10.5. The number of nitrogen functional groups attached to an aromatic ring is 1. The Morgan fingerprint density at radius 2 is 1.61 bits per heavy atom. The molecule has 0 aliphatic rings. The smallest absolute Gasteiger partial charge is 0.128 e. The fraction of sp³-hybridized carbons (Fsp3) is 0.308. The molecule has 2 rings (SSSR count). The number of rotatable bonds is 1. The quantitative estimate of drug-likeness (QED) is 0.846. The molecule has 0 aliphatic heterocycles. The van der Waals surface area contributed by atoms with E-state index in [0.29, 0.717) is 5.82 Å². The standard InChI is InChI=1S/C13H15F2N3/c1-13(2,3)11-7-12(16)18(17-11)10-5-8(14)4-9(15)6-10/h4-7H,16H2,1-3H3. The first-order valence-electron chi connectivity index (χ1n) is 5.60. The number of halogens is 2. The fourth-order valence-corrected chi connectivity index (χ4v) is 1.63. The van der Waals surface area contributed by atoms with Gasteiger partial charge in [-0.15, -0.1) is 0 Å². The summed E-state index contributed by atoms with van der Waals surface area (Å²) < 4.78 is 27.7. The van der Waals surface area contributed by atoms with E-state index in [4.69, 9.17) is 5.73 Å². The minimum absolute atomic E-state index is 0.175. The van der Waals surface area contributed by atoms with Crippen LogP contribution in [-0.4, -0.2) is 9.78 Å². The van der Waals surface area contributed by atoms with Crippen LogP contribution < -0.4 is 5.73 Å². The number of aromatic nitrogens is 2. The summed E-state index contributed by atoms with van der Waals surface area (Å²) in [5.41, 5.74) is 6.70. The molecule has 96 valence electrons. The molecule has 5 heteroatoms. The summed E-state index contributed by atoms with van der Waals surface area (Å²) in [6.45, 7) is 5.97. The van der Waals surface area contributed by atoms with Gasteiger partial charge in [-0.05, 0) is 12.1 Å². The molecule has 0 saturated carbocycles. The van der Waals surface area contributed by atoms with Gasteiger partial charge < -0.3 is 5.73 Å². The highest BCUT2D eigenvalue weighted by Gasteiger charge is 2.19. The molecule has 3 nitrogen and oxygen atoms in total. The molecular formula is C13H15F2N3. The summed E-state index contributed by atoms with van der Waals surface area (Å²) in [6, 6.07) is 4.91. The van der Waals surface area contributed by atoms with Crippen LogP contribution in [0.2, 0.25) is 0 Å². The van der Waals surface area contributed by atoms with E-state index in [-0.39, 0.29) is 11.1 Å². The summed E-state index contributed by atoms with van der Waals surface area (Å²) in [5.74, 6) is -0.959. The first-order chi connectivity index (χ1) is 8.27. The Labute approximate surface area is 104 Å². The van der Waals surface area contributed by atoms with Crippen LogP contribution >= 0.6 is 0 Å². The molecule has 0 bridgehead atoms. The van der Waals surface area contributed by atoms with Crippen molar-refractivity contribution in [2.24, 2.45) is 0 Å². The Bertz CT molecular complexity index is 562. The van der Waals surface area contributed by atoms with Gasteiger partial charge in [-0.1, -0.05) is 20.8 Å². The number of nitrogens with two attached hydrogens (primary N) is 1. The Balaban J connectivity index is 2.54. The van der Waals surface area contributed by atoms with Gasteiger partial charge in [-0.25, -0.2) is 13.5 Å². The van der Waals surface area contributed by atoms with Crippen molar-refractivity contribution in [1.82, 2.24) is 9.78 Å². The molecule has 0 aliphatic carbocycles. The number of hydrogen-bond donors (Lipinski definition) is 1. The van der Waals surface area contributed by atoms with Gasteiger partial charge in [0.15, 0.2) is 0 Å². The molecule has 18 heavy (non-hydrogen) atoms. The van der Waals surface area contributed by atoms with Crippen molar-refractivity contribution in [2.75, 3.05) is 5.73 Å². The second kappa shape index (κ2) is 4.08. The van der Waals surface area contributed by atoms with Crippen molar-refractivity contribution in [1.29, 1.82) is 0 Å². The molecule has 0 saturated heterocycles. The SMILES string of the molecule is CC(C)(C)c1cc(N)n(-c2cc(F)cc(F)c2)n1. The number of anilines is 1. The summed E-state index contributed by atoms with van der Waals surface area (Å²) in [4.78, 5) is 0. The van der Waals surface area contributed by atoms with Crippen molar-refractivity contribution in [2.45, 2.75) is 26.2 Å². The van der Waals surface area contributed by atoms with E-state index in [2.05, 4.69) is 5.10 Å². The van der Waals surface area contributed by atoms with E-state index in [1.165, 1.54) is 16.8 Å². The van der Waals surface area contributed by atoms with Crippen molar-refractivity contribution in [3.8, 4) is 5.69 Å². The fourth-order valence-electron chi connectivity index (χ4n) is 1.63. The molecule has 1 aromatic carbocycles. The van der Waals surface area contributed by atoms with E-state index < -0.39 is 11.6 Å². The summed E-state index contributed by atoms with van der Waals surface area (Å²) >= 11 is 0. The maximum absolute atomic E-state index is 13.2. The van der Waals surface area contributed by atoms with Crippen LogP contribution in [0, 0.1) is 11.6 Å². The van der Waals surface area contributed by atoms with Crippen molar-refractivity contribution in [3.05, 3.63) is 41.6 Å². The van der Waals surface area contributed by atoms with Crippen LogP contribution in [0.15, 0.2) is 24.3 Å². The van der Waals surface area contributed by atoms with Crippen LogP contribution in [0.25, 0.3) is 5.69 Å². The Morgan fingerprint density at radius 3 is 2.06 bits per heavy atom. The monoisotopic (exact) mass is 251 g/mol. The van der Waals surface area contributed by atoms with Crippen molar-refractivity contribution in [3.63, 3.8) is 0 Å². The van der Waals surface area contributed by atoms with Crippen LogP contribution in [-0.2, 0) is 5.41 Å². The van der Waals surface area contributed by atoms with Crippen LogP contribution in [0.5, 0.6) is 0 Å². The highest BCUT2D eigenvalue weighted by atomic mass is 19.1.